The summed E-state index contributed by atoms with van der Waals surface area (Å²) in [6.45, 7) is 7.50. The first-order valence-electron chi connectivity index (χ1n) is 6.16. The van der Waals surface area contributed by atoms with Crippen LogP contribution >= 0.6 is 11.3 Å². The molecule has 0 aliphatic carbocycles. The van der Waals surface area contributed by atoms with Crippen molar-refractivity contribution in [2.45, 2.75) is 26.4 Å². The van der Waals surface area contributed by atoms with Gasteiger partial charge in [0.2, 0.25) is 0 Å². The van der Waals surface area contributed by atoms with Crippen molar-refractivity contribution in [1.29, 1.82) is 0 Å². The molecule has 0 bridgehead atoms. The molecular formula is C14H22N2OS. The van der Waals surface area contributed by atoms with Gasteiger partial charge in [0.05, 0.1) is 13.2 Å². The number of nitrogens with two attached hydrogens (primary N) is 1. The zero-order chi connectivity index (χ0) is 13.4. The van der Waals surface area contributed by atoms with Crippen LogP contribution in [-0.2, 0) is 11.3 Å². The summed E-state index contributed by atoms with van der Waals surface area (Å²) in [5.74, 6) is 5.94. The summed E-state index contributed by atoms with van der Waals surface area (Å²) >= 11 is 1.75. The van der Waals surface area contributed by atoms with Crippen LogP contribution in [0.3, 0.4) is 0 Å². The molecular weight excluding hydrogens is 244 g/mol. The van der Waals surface area contributed by atoms with Crippen LogP contribution < -0.4 is 5.73 Å². The van der Waals surface area contributed by atoms with E-state index in [0.717, 1.165) is 25.3 Å². The minimum absolute atomic E-state index is 0.414. The van der Waals surface area contributed by atoms with Gasteiger partial charge < -0.3 is 10.5 Å². The first-order valence-corrected chi connectivity index (χ1v) is 7.04. The molecule has 18 heavy (non-hydrogen) atoms. The molecule has 0 aromatic carbocycles. The van der Waals surface area contributed by atoms with Crippen LogP contribution in [0, 0.1) is 11.8 Å². The maximum atomic E-state index is 5.37. The molecule has 100 valence electrons. The minimum atomic E-state index is 0.414. The van der Waals surface area contributed by atoms with Crippen LogP contribution in [0.4, 0.5) is 0 Å². The molecule has 0 aliphatic rings. The number of ether oxygens (including phenoxy) is 1. The van der Waals surface area contributed by atoms with E-state index in [0.29, 0.717) is 12.6 Å². The van der Waals surface area contributed by atoms with Gasteiger partial charge in [-0.15, -0.1) is 11.3 Å². The molecule has 0 saturated carbocycles. The fraction of sp³-hybridized carbons (Fsp3) is 0.571. The van der Waals surface area contributed by atoms with Crippen molar-refractivity contribution in [3.05, 3.63) is 21.9 Å². The average Bonchev–Trinajstić information content (AvgIpc) is 2.79. The third-order valence-electron chi connectivity index (χ3n) is 2.66. The molecule has 1 heterocycles. The van der Waals surface area contributed by atoms with Crippen molar-refractivity contribution < 1.29 is 4.74 Å². The lowest BCUT2D eigenvalue weighted by molar-refractivity contribution is 0.125. The largest absolute Gasteiger partial charge is 0.383 e. The first-order chi connectivity index (χ1) is 8.67. The summed E-state index contributed by atoms with van der Waals surface area (Å²) in [4.78, 5) is 3.73. The van der Waals surface area contributed by atoms with Crippen molar-refractivity contribution in [2.24, 2.45) is 5.73 Å². The van der Waals surface area contributed by atoms with Crippen molar-refractivity contribution in [3.63, 3.8) is 0 Å². The van der Waals surface area contributed by atoms with Gasteiger partial charge in [-0.25, -0.2) is 0 Å². The number of methoxy groups -OCH3 is 1. The van der Waals surface area contributed by atoms with E-state index in [1.807, 2.05) is 0 Å². The van der Waals surface area contributed by atoms with Gasteiger partial charge in [-0.3, -0.25) is 4.90 Å². The molecule has 4 heteroatoms. The first kappa shape index (κ1) is 15.2. The lowest BCUT2D eigenvalue weighted by Crippen LogP contribution is -2.32. The Hall–Kier alpha value is -0.860. The Balaban J connectivity index is 2.60. The lowest BCUT2D eigenvalue weighted by Gasteiger charge is -2.25. The molecule has 0 spiro atoms. The van der Waals surface area contributed by atoms with Crippen LogP contribution in [0.2, 0.25) is 0 Å². The summed E-state index contributed by atoms with van der Waals surface area (Å²) in [7, 11) is 1.74. The molecule has 1 aromatic rings. The van der Waals surface area contributed by atoms with Crippen LogP contribution in [0.1, 0.15) is 24.3 Å². The molecule has 0 unspecified atom stereocenters. The summed E-state index contributed by atoms with van der Waals surface area (Å²) < 4.78 is 5.14. The molecule has 0 fully saturated rings. The van der Waals surface area contributed by atoms with Gasteiger partial charge in [0, 0.05) is 42.1 Å². The molecule has 0 saturated heterocycles. The molecule has 0 atom stereocenters. The quantitative estimate of drug-likeness (QED) is 0.799. The van der Waals surface area contributed by atoms with E-state index in [1.165, 1.54) is 4.88 Å². The average molecular weight is 266 g/mol. The number of hydrogen-bond acceptors (Lipinski definition) is 4. The van der Waals surface area contributed by atoms with Gasteiger partial charge >= 0.3 is 0 Å². The summed E-state index contributed by atoms with van der Waals surface area (Å²) in [6.07, 6.45) is 0. The highest BCUT2D eigenvalue weighted by Gasteiger charge is 2.10. The standard InChI is InChI=1S/C14H22N2OS/c1-12(2)16(7-8-17-3)10-14-9-13(11-18-14)5-4-6-15/h9,11-12H,6-8,10,15H2,1-3H3. The van der Waals surface area contributed by atoms with Gasteiger partial charge in [0.15, 0.2) is 0 Å². The molecule has 0 radical (unpaired) electrons. The molecule has 0 amide bonds. The van der Waals surface area contributed by atoms with Gasteiger partial charge in [-0.1, -0.05) is 11.8 Å². The van der Waals surface area contributed by atoms with Crippen molar-refractivity contribution >= 4 is 11.3 Å². The molecule has 1 aromatic heterocycles. The highest BCUT2D eigenvalue weighted by molar-refractivity contribution is 7.10. The maximum absolute atomic E-state index is 5.37. The monoisotopic (exact) mass is 266 g/mol. The van der Waals surface area contributed by atoms with Crippen molar-refractivity contribution in [1.82, 2.24) is 4.90 Å². The fourth-order valence-electron chi connectivity index (χ4n) is 1.61. The van der Waals surface area contributed by atoms with Gasteiger partial charge in [-0.05, 0) is 19.9 Å². The van der Waals surface area contributed by atoms with Crippen molar-refractivity contribution in [2.75, 3.05) is 26.8 Å². The predicted molar refractivity (Wildman–Crippen MR) is 77.7 cm³/mol. The Kier molecular flexibility index (Phi) is 6.99. The van der Waals surface area contributed by atoms with Crippen LogP contribution in [0.25, 0.3) is 0 Å². The molecule has 0 aliphatic heterocycles. The Bertz CT molecular complexity index is 403. The topological polar surface area (TPSA) is 38.5 Å². The Morgan fingerprint density at radius 2 is 2.28 bits per heavy atom. The Labute approximate surface area is 114 Å². The van der Waals surface area contributed by atoms with E-state index >= 15 is 0 Å². The third kappa shape index (κ3) is 5.19. The van der Waals surface area contributed by atoms with Gasteiger partial charge in [-0.2, -0.15) is 0 Å². The van der Waals surface area contributed by atoms with Gasteiger partial charge in [0.1, 0.15) is 0 Å². The predicted octanol–water partition coefficient (Wildman–Crippen LogP) is 1.92. The third-order valence-corrected chi connectivity index (χ3v) is 3.58. The lowest BCUT2D eigenvalue weighted by atomic mass is 10.2. The molecule has 1 rings (SSSR count). The second-order valence-electron chi connectivity index (χ2n) is 4.36. The second-order valence-corrected chi connectivity index (χ2v) is 5.36. The zero-order valence-electron chi connectivity index (χ0n) is 11.4. The van der Waals surface area contributed by atoms with Crippen molar-refractivity contribution in [3.8, 4) is 11.8 Å². The number of nitrogens with zero attached hydrogens (tertiary/aromatic N) is 1. The van der Waals surface area contributed by atoms with E-state index in [9.17, 15) is 0 Å². The summed E-state index contributed by atoms with van der Waals surface area (Å²) in [5.41, 5.74) is 6.43. The zero-order valence-corrected chi connectivity index (χ0v) is 12.2. The van der Waals surface area contributed by atoms with E-state index in [4.69, 9.17) is 10.5 Å². The smallest absolute Gasteiger partial charge is 0.0589 e. The molecule has 3 nitrogen and oxygen atoms in total. The Morgan fingerprint density at radius 3 is 2.89 bits per heavy atom. The highest BCUT2D eigenvalue weighted by atomic mass is 32.1. The van der Waals surface area contributed by atoms with Gasteiger partial charge in [0.25, 0.3) is 0 Å². The Morgan fingerprint density at radius 1 is 1.50 bits per heavy atom. The second kappa shape index (κ2) is 8.28. The van der Waals surface area contributed by atoms with Crippen LogP contribution in [0.15, 0.2) is 11.4 Å². The van der Waals surface area contributed by atoms with E-state index in [1.54, 1.807) is 18.4 Å². The SMILES string of the molecule is COCCN(Cc1cc(C#CCN)cs1)C(C)C. The minimum Gasteiger partial charge on any atom is -0.383 e. The fourth-order valence-corrected chi connectivity index (χ4v) is 2.45. The summed E-state index contributed by atoms with van der Waals surface area (Å²) in [6, 6.07) is 2.66. The normalized spacial score (nSPS) is 10.8. The number of hydrogen-bond donors (Lipinski definition) is 1. The highest BCUT2D eigenvalue weighted by Crippen LogP contribution is 2.17. The van der Waals surface area contributed by atoms with E-state index in [2.05, 4.69) is 42.0 Å². The maximum Gasteiger partial charge on any atom is 0.0589 e. The summed E-state index contributed by atoms with van der Waals surface area (Å²) in [5, 5.41) is 2.09. The van der Waals surface area contributed by atoms with Crippen LogP contribution in [-0.4, -0.2) is 37.7 Å². The van der Waals surface area contributed by atoms with Crippen LogP contribution in [0.5, 0.6) is 0 Å². The van der Waals surface area contributed by atoms with E-state index in [-0.39, 0.29) is 0 Å². The number of thiophene rings is 1. The number of rotatable bonds is 6. The van der Waals surface area contributed by atoms with E-state index < -0.39 is 0 Å². The molecule has 2 N–H and O–H groups in total.